The number of carbonyl (C=O) groups is 1. The third-order valence-electron chi connectivity index (χ3n) is 6.24. The van der Waals surface area contributed by atoms with Gasteiger partial charge >= 0.3 is 5.97 Å². The number of halogens is 2. The molecular formula is C31H34F2O3. The van der Waals surface area contributed by atoms with Crippen LogP contribution in [0.3, 0.4) is 0 Å². The monoisotopic (exact) mass is 492 g/mol. The Bertz CT molecular complexity index is 1200. The quantitative estimate of drug-likeness (QED) is 0.161. The van der Waals surface area contributed by atoms with E-state index in [2.05, 4.69) is 13.5 Å². The Morgan fingerprint density at radius 3 is 2.11 bits per heavy atom. The second kappa shape index (κ2) is 13.1. The highest BCUT2D eigenvalue weighted by atomic mass is 19.2. The molecule has 0 unspecified atom stereocenters. The fourth-order valence-electron chi connectivity index (χ4n) is 4.13. The van der Waals surface area contributed by atoms with Crippen LogP contribution in [0.1, 0.15) is 56.2 Å². The van der Waals surface area contributed by atoms with Gasteiger partial charge in [-0.25, -0.2) is 13.6 Å². The third kappa shape index (κ3) is 6.88. The fourth-order valence-corrected chi connectivity index (χ4v) is 4.13. The second-order valence-corrected chi connectivity index (χ2v) is 9.11. The Labute approximate surface area is 212 Å². The molecule has 0 spiro atoms. The van der Waals surface area contributed by atoms with Crippen molar-refractivity contribution in [1.82, 2.24) is 0 Å². The molecule has 0 saturated carbocycles. The Hall–Kier alpha value is -3.31. The summed E-state index contributed by atoms with van der Waals surface area (Å²) in [6.45, 7) is 7.30. The van der Waals surface area contributed by atoms with Crippen LogP contribution < -0.4 is 0 Å². The summed E-state index contributed by atoms with van der Waals surface area (Å²) in [4.78, 5) is 11.9. The van der Waals surface area contributed by atoms with Gasteiger partial charge in [-0.15, -0.1) is 0 Å². The molecule has 0 saturated heterocycles. The van der Waals surface area contributed by atoms with Crippen LogP contribution >= 0.6 is 0 Å². The van der Waals surface area contributed by atoms with Crippen LogP contribution in [0.25, 0.3) is 22.3 Å². The topological polar surface area (TPSA) is 46.5 Å². The van der Waals surface area contributed by atoms with Gasteiger partial charge in [0.05, 0.1) is 0 Å². The molecule has 3 aromatic carbocycles. The number of esters is 1. The van der Waals surface area contributed by atoms with Crippen molar-refractivity contribution in [2.75, 3.05) is 6.61 Å². The molecule has 0 heterocycles. The number of benzene rings is 3. The number of ether oxygens (including phenoxy) is 1. The van der Waals surface area contributed by atoms with E-state index in [1.54, 1.807) is 37.3 Å². The first-order valence-electron chi connectivity index (χ1n) is 12.5. The van der Waals surface area contributed by atoms with Crippen molar-refractivity contribution in [3.8, 4) is 22.3 Å². The van der Waals surface area contributed by atoms with Crippen molar-refractivity contribution in [1.29, 1.82) is 0 Å². The second-order valence-electron chi connectivity index (χ2n) is 9.11. The predicted molar refractivity (Wildman–Crippen MR) is 140 cm³/mol. The average Bonchev–Trinajstić information content (AvgIpc) is 2.88. The van der Waals surface area contributed by atoms with Crippen molar-refractivity contribution in [3.63, 3.8) is 0 Å². The summed E-state index contributed by atoms with van der Waals surface area (Å²) in [7, 11) is 0. The molecule has 5 heteroatoms. The van der Waals surface area contributed by atoms with E-state index in [4.69, 9.17) is 4.74 Å². The number of unbranched alkanes of at least 4 members (excludes halogenated alkanes) is 2. The zero-order valence-corrected chi connectivity index (χ0v) is 21.1. The number of hydrogen-bond acceptors (Lipinski definition) is 3. The zero-order chi connectivity index (χ0) is 26.1. The summed E-state index contributed by atoms with van der Waals surface area (Å²) in [5.41, 5.74) is 4.48. The third-order valence-corrected chi connectivity index (χ3v) is 6.24. The summed E-state index contributed by atoms with van der Waals surface area (Å²) in [6, 6.07) is 16.0. The molecule has 0 bridgehead atoms. The minimum atomic E-state index is -0.924. The van der Waals surface area contributed by atoms with Crippen LogP contribution in [-0.2, 0) is 29.0 Å². The van der Waals surface area contributed by atoms with Crippen molar-refractivity contribution >= 4 is 5.97 Å². The highest BCUT2D eigenvalue weighted by Crippen LogP contribution is 2.33. The van der Waals surface area contributed by atoms with E-state index in [1.165, 1.54) is 12.0 Å². The zero-order valence-electron chi connectivity index (χ0n) is 21.1. The van der Waals surface area contributed by atoms with Gasteiger partial charge in [-0.05, 0) is 66.5 Å². The smallest absolute Gasteiger partial charge is 0.333 e. The van der Waals surface area contributed by atoms with Gasteiger partial charge in [0.15, 0.2) is 11.6 Å². The minimum Gasteiger partial charge on any atom is -0.457 e. The van der Waals surface area contributed by atoms with Crippen LogP contribution in [0, 0.1) is 11.6 Å². The van der Waals surface area contributed by atoms with Crippen LogP contribution in [-0.4, -0.2) is 17.7 Å². The van der Waals surface area contributed by atoms with Crippen LogP contribution in [0.15, 0.2) is 66.7 Å². The van der Waals surface area contributed by atoms with E-state index in [-0.39, 0.29) is 29.9 Å². The molecule has 3 rings (SSSR count). The van der Waals surface area contributed by atoms with Crippen LogP contribution in [0.4, 0.5) is 8.78 Å². The standard InChI is InChI=1S/C31H34F2O3/c1-4-5-6-8-22-10-12-24(13-11-22)27-16-17-28(30(33)29(27)32)25-15-14-23(9-7-18-34)26(19-25)20-36-31(35)21(2)3/h10-17,19,34H,2,4-9,18,20H2,1,3H3. The van der Waals surface area contributed by atoms with E-state index in [9.17, 15) is 9.90 Å². The lowest BCUT2D eigenvalue weighted by molar-refractivity contribution is -0.140. The summed E-state index contributed by atoms with van der Waals surface area (Å²) < 4.78 is 35.8. The van der Waals surface area contributed by atoms with E-state index in [0.717, 1.165) is 24.8 Å². The van der Waals surface area contributed by atoms with Gasteiger partial charge in [0.25, 0.3) is 0 Å². The molecule has 3 nitrogen and oxygen atoms in total. The van der Waals surface area contributed by atoms with Crippen molar-refractivity contribution in [3.05, 3.63) is 95.1 Å². The molecule has 190 valence electrons. The highest BCUT2D eigenvalue weighted by molar-refractivity contribution is 5.87. The SMILES string of the molecule is C=C(C)C(=O)OCc1cc(-c2ccc(-c3ccc(CCCCC)cc3)c(F)c2F)ccc1CCCO. The molecule has 3 aromatic rings. The number of aliphatic hydroxyl groups excluding tert-OH is 1. The molecule has 0 atom stereocenters. The maximum atomic E-state index is 15.3. The van der Waals surface area contributed by atoms with Crippen molar-refractivity contribution in [2.24, 2.45) is 0 Å². The molecule has 0 aliphatic heterocycles. The lowest BCUT2D eigenvalue weighted by Gasteiger charge is -2.14. The average molecular weight is 493 g/mol. The summed E-state index contributed by atoms with van der Waals surface area (Å²) in [5.74, 6) is -2.34. The highest BCUT2D eigenvalue weighted by Gasteiger charge is 2.17. The van der Waals surface area contributed by atoms with Crippen LogP contribution in [0.5, 0.6) is 0 Å². The maximum absolute atomic E-state index is 15.3. The molecule has 1 N–H and O–H groups in total. The Morgan fingerprint density at radius 1 is 0.861 bits per heavy atom. The molecule has 0 aliphatic rings. The number of hydrogen-bond donors (Lipinski definition) is 1. The van der Waals surface area contributed by atoms with Gasteiger partial charge in [0.2, 0.25) is 0 Å². The van der Waals surface area contributed by atoms with Gasteiger partial charge < -0.3 is 9.84 Å². The van der Waals surface area contributed by atoms with E-state index < -0.39 is 17.6 Å². The lowest BCUT2D eigenvalue weighted by atomic mass is 9.94. The number of aryl methyl sites for hydroxylation is 2. The summed E-state index contributed by atoms with van der Waals surface area (Å²) in [6.07, 6.45) is 5.52. The summed E-state index contributed by atoms with van der Waals surface area (Å²) in [5, 5.41) is 9.20. The van der Waals surface area contributed by atoms with E-state index in [1.807, 2.05) is 24.3 Å². The van der Waals surface area contributed by atoms with E-state index >= 15 is 8.78 Å². The fraction of sp³-hybridized carbons (Fsp3) is 0.323. The van der Waals surface area contributed by atoms with Gasteiger partial charge in [-0.1, -0.05) is 74.9 Å². The molecule has 36 heavy (non-hydrogen) atoms. The largest absolute Gasteiger partial charge is 0.457 e. The Balaban J connectivity index is 1.89. The number of carbonyl (C=O) groups excluding carboxylic acids is 1. The first kappa shape index (κ1) is 27.3. The maximum Gasteiger partial charge on any atom is 0.333 e. The number of rotatable bonds is 12. The molecular weight excluding hydrogens is 458 g/mol. The first-order chi connectivity index (χ1) is 17.3. The predicted octanol–water partition coefficient (Wildman–Crippen LogP) is 7.58. The lowest BCUT2D eigenvalue weighted by Crippen LogP contribution is -2.07. The molecule has 0 radical (unpaired) electrons. The van der Waals surface area contributed by atoms with Gasteiger partial charge in [0.1, 0.15) is 6.61 Å². The van der Waals surface area contributed by atoms with E-state index in [0.29, 0.717) is 29.5 Å². The molecule has 0 fully saturated rings. The molecule has 0 aromatic heterocycles. The number of aliphatic hydroxyl groups is 1. The van der Waals surface area contributed by atoms with Gasteiger partial charge in [-0.2, -0.15) is 0 Å². The Morgan fingerprint density at radius 2 is 1.50 bits per heavy atom. The van der Waals surface area contributed by atoms with Crippen molar-refractivity contribution < 1.29 is 23.4 Å². The minimum absolute atomic E-state index is 0.0207. The van der Waals surface area contributed by atoms with Crippen molar-refractivity contribution in [2.45, 2.75) is 59.0 Å². The Kier molecular flexibility index (Phi) is 9.95. The van der Waals surface area contributed by atoms with Gasteiger partial charge in [-0.3, -0.25) is 0 Å². The normalized spacial score (nSPS) is 10.9. The molecule has 0 amide bonds. The van der Waals surface area contributed by atoms with Gasteiger partial charge in [0, 0.05) is 23.3 Å². The molecule has 0 aliphatic carbocycles. The summed E-state index contributed by atoms with van der Waals surface area (Å²) >= 11 is 0. The van der Waals surface area contributed by atoms with Crippen LogP contribution in [0.2, 0.25) is 0 Å². The first-order valence-corrected chi connectivity index (χ1v) is 12.5.